The summed E-state index contributed by atoms with van der Waals surface area (Å²) in [6.07, 6.45) is 1.81. The smallest absolute Gasteiger partial charge is 0.233 e. The first-order chi connectivity index (χ1) is 14.1. The number of tetrazole rings is 1. The lowest BCUT2D eigenvalue weighted by atomic mass is 10.1. The minimum atomic E-state index is -0.339. The third kappa shape index (κ3) is 5.57. The molecule has 0 radical (unpaired) electrons. The summed E-state index contributed by atoms with van der Waals surface area (Å²) in [5.41, 5.74) is 2.00. The minimum absolute atomic E-state index is 0.0369. The van der Waals surface area contributed by atoms with Crippen LogP contribution in [0.3, 0.4) is 0 Å². The van der Waals surface area contributed by atoms with Crippen LogP contribution >= 0.6 is 11.8 Å². The number of thioether (sulfide) groups is 1. The molecule has 0 fully saturated rings. The van der Waals surface area contributed by atoms with Crippen molar-refractivity contribution in [3.8, 4) is 11.4 Å². The van der Waals surface area contributed by atoms with Gasteiger partial charge in [-0.2, -0.15) is 4.68 Å². The summed E-state index contributed by atoms with van der Waals surface area (Å²) in [6.45, 7) is 3.88. The summed E-state index contributed by atoms with van der Waals surface area (Å²) in [7, 11) is 1.60. The minimum Gasteiger partial charge on any atom is -0.494 e. The van der Waals surface area contributed by atoms with E-state index in [9.17, 15) is 4.79 Å². The maximum absolute atomic E-state index is 12.6. The number of benzene rings is 2. The van der Waals surface area contributed by atoms with Crippen molar-refractivity contribution in [1.82, 2.24) is 25.5 Å². The molecule has 3 rings (SSSR count). The fourth-order valence-corrected chi connectivity index (χ4v) is 3.69. The molecule has 1 aromatic heterocycles. The molecule has 29 heavy (non-hydrogen) atoms. The molecule has 0 saturated carbocycles. The highest BCUT2D eigenvalue weighted by molar-refractivity contribution is 8.00. The molecule has 2 unspecified atom stereocenters. The average Bonchev–Trinajstić information content (AvgIpc) is 3.20. The molecule has 3 aromatic rings. The van der Waals surface area contributed by atoms with Crippen LogP contribution in [-0.2, 0) is 11.2 Å². The molecule has 2 atom stereocenters. The summed E-state index contributed by atoms with van der Waals surface area (Å²) in [4.78, 5) is 12.6. The van der Waals surface area contributed by atoms with E-state index in [0.29, 0.717) is 10.9 Å². The molecule has 152 valence electrons. The van der Waals surface area contributed by atoms with Crippen LogP contribution in [0.2, 0.25) is 0 Å². The first-order valence-electron chi connectivity index (χ1n) is 9.51. The zero-order chi connectivity index (χ0) is 20.6. The number of ether oxygens (including phenoxy) is 1. The summed E-state index contributed by atoms with van der Waals surface area (Å²) in [6, 6.07) is 17.8. The molecule has 0 bridgehead atoms. The van der Waals surface area contributed by atoms with Crippen molar-refractivity contribution in [2.75, 3.05) is 7.11 Å². The van der Waals surface area contributed by atoms with Gasteiger partial charge in [-0.05, 0) is 54.8 Å². The maximum Gasteiger partial charge on any atom is 0.233 e. The Morgan fingerprint density at radius 1 is 1.14 bits per heavy atom. The SMILES string of the molecule is COc1ccccc1-n1nnnc1SC(C)C(=O)NC(C)CCc1ccccc1. The number of hydrogen-bond acceptors (Lipinski definition) is 6. The zero-order valence-electron chi connectivity index (χ0n) is 16.8. The van der Waals surface area contributed by atoms with Crippen LogP contribution in [-0.4, -0.2) is 44.5 Å². The van der Waals surface area contributed by atoms with Crippen molar-refractivity contribution < 1.29 is 9.53 Å². The van der Waals surface area contributed by atoms with Gasteiger partial charge in [-0.3, -0.25) is 4.79 Å². The van der Waals surface area contributed by atoms with Crippen LogP contribution < -0.4 is 10.1 Å². The van der Waals surface area contributed by atoms with E-state index in [1.165, 1.54) is 17.3 Å². The van der Waals surface area contributed by atoms with Gasteiger partial charge < -0.3 is 10.1 Å². The molecule has 1 N–H and O–H groups in total. The van der Waals surface area contributed by atoms with Crippen LogP contribution in [0.15, 0.2) is 59.8 Å². The van der Waals surface area contributed by atoms with Gasteiger partial charge in [-0.25, -0.2) is 0 Å². The molecular weight excluding hydrogens is 386 g/mol. The number of methoxy groups -OCH3 is 1. The van der Waals surface area contributed by atoms with Crippen molar-refractivity contribution in [1.29, 1.82) is 0 Å². The second-order valence-corrected chi connectivity index (χ2v) is 8.05. The van der Waals surface area contributed by atoms with Crippen molar-refractivity contribution >= 4 is 17.7 Å². The molecule has 1 amide bonds. The molecule has 2 aromatic carbocycles. The average molecular weight is 412 g/mol. The summed E-state index contributed by atoms with van der Waals surface area (Å²) in [5.74, 6) is 0.624. The second kappa shape index (κ2) is 10.1. The monoisotopic (exact) mass is 411 g/mol. The Morgan fingerprint density at radius 3 is 2.62 bits per heavy atom. The number of carbonyl (C=O) groups excluding carboxylic acids is 1. The van der Waals surface area contributed by atoms with Gasteiger partial charge >= 0.3 is 0 Å². The Balaban J connectivity index is 1.58. The van der Waals surface area contributed by atoms with Gasteiger partial charge in [-0.15, -0.1) is 5.10 Å². The van der Waals surface area contributed by atoms with Gasteiger partial charge in [0.05, 0.1) is 12.4 Å². The predicted octanol–water partition coefficient (Wildman–Crippen LogP) is 3.29. The number of para-hydroxylation sites is 2. The molecule has 0 spiro atoms. The third-order valence-corrected chi connectivity index (χ3v) is 5.54. The lowest BCUT2D eigenvalue weighted by Gasteiger charge is -2.17. The normalized spacial score (nSPS) is 12.9. The Labute approximate surface area is 174 Å². The number of nitrogens with one attached hydrogen (secondary N) is 1. The van der Waals surface area contributed by atoms with E-state index >= 15 is 0 Å². The third-order valence-electron chi connectivity index (χ3n) is 4.50. The van der Waals surface area contributed by atoms with E-state index in [4.69, 9.17) is 4.74 Å². The van der Waals surface area contributed by atoms with E-state index in [0.717, 1.165) is 18.5 Å². The predicted molar refractivity (Wildman–Crippen MR) is 113 cm³/mol. The molecule has 0 saturated heterocycles. The van der Waals surface area contributed by atoms with E-state index in [2.05, 4.69) is 33.0 Å². The van der Waals surface area contributed by atoms with Crippen LogP contribution in [0.5, 0.6) is 5.75 Å². The van der Waals surface area contributed by atoms with E-state index < -0.39 is 0 Å². The van der Waals surface area contributed by atoms with Crippen molar-refractivity contribution in [2.45, 2.75) is 43.1 Å². The van der Waals surface area contributed by atoms with Gasteiger partial charge in [0.2, 0.25) is 11.1 Å². The van der Waals surface area contributed by atoms with Crippen LogP contribution in [0.1, 0.15) is 25.8 Å². The van der Waals surface area contributed by atoms with Gasteiger partial charge in [-0.1, -0.05) is 54.2 Å². The molecule has 0 aliphatic rings. The summed E-state index contributed by atoms with van der Waals surface area (Å²) in [5, 5.41) is 15.2. The van der Waals surface area contributed by atoms with Gasteiger partial charge in [0.1, 0.15) is 11.4 Å². The topological polar surface area (TPSA) is 81.9 Å². The Bertz CT molecular complexity index is 932. The molecule has 7 nitrogen and oxygen atoms in total. The molecule has 0 aliphatic heterocycles. The Morgan fingerprint density at radius 2 is 1.86 bits per heavy atom. The highest BCUT2D eigenvalue weighted by Crippen LogP contribution is 2.27. The van der Waals surface area contributed by atoms with Crippen LogP contribution in [0.4, 0.5) is 0 Å². The largest absolute Gasteiger partial charge is 0.494 e. The number of carbonyl (C=O) groups is 1. The Hall–Kier alpha value is -2.87. The molecule has 0 aliphatic carbocycles. The Kier molecular flexibility index (Phi) is 7.24. The second-order valence-electron chi connectivity index (χ2n) is 6.74. The zero-order valence-corrected chi connectivity index (χ0v) is 17.6. The number of hydrogen-bond donors (Lipinski definition) is 1. The van der Waals surface area contributed by atoms with Crippen LogP contribution in [0, 0.1) is 0 Å². The highest BCUT2D eigenvalue weighted by Gasteiger charge is 2.21. The van der Waals surface area contributed by atoms with E-state index in [1.807, 2.05) is 56.3 Å². The van der Waals surface area contributed by atoms with Gasteiger partial charge in [0.15, 0.2) is 0 Å². The molecular formula is C21H25N5O2S. The first kappa shape index (κ1) is 20.9. The maximum atomic E-state index is 12.6. The van der Waals surface area contributed by atoms with Gasteiger partial charge in [0, 0.05) is 6.04 Å². The van der Waals surface area contributed by atoms with Crippen molar-refractivity contribution in [3.05, 3.63) is 60.2 Å². The summed E-state index contributed by atoms with van der Waals surface area (Å²) >= 11 is 1.31. The quantitative estimate of drug-likeness (QED) is 0.544. The van der Waals surface area contributed by atoms with Gasteiger partial charge in [0.25, 0.3) is 0 Å². The number of aryl methyl sites for hydroxylation is 1. The van der Waals surface area contributed by atoms with E-state index in [1.54, 1.807) is 11.8 Å². The first-order valence-corrected chi connectivity index (χ1v) is 10.4. The number of aromatic nitrogens is 4. The summed E-state index contributed by atoms with van der Waals surface area (Å²) < 4.78 is 6.98. The molecule has 8 heteroatoms. The van der Waals surface area contributed by atoms with Crippen LogP contribution in [0.25, 0.3) is 5.69 Å². The fraction of sp³-hybridized carbons (Fsp3) is 0.333. The standard InChI is InChI=1S/C21H25N5O2S/c1-15(13-14-17-9-5-4-6-10-17)22-20(27)16(2)29-21-23-24-25-26(21)18-11-7-8-12-19(18)28-3/h4-12,15-16H,13-14H2,1-3H3,(H,22,27). The highest BCUT2D eigenvalue weighted by atomic mass is 32.2. The lowest BCUT2D eigenvalue weighted by molar-refractivity contribution is -0.120. The van der Waals surface area contributed by atoms with E-state index in [-0.39, 0.29) is 17.2 Å². The molecule has 1 heterocycles. The number of amides is 1. The number of rotatable bonds is 9. The number of nitrogens with zero attached hydrogens (tertiary/aromatic N) is 4. The fourth-order valence-electron chi connectivity index (χ4n) is 2.88. The lowest BCUT2D eigenvalue weighted by Crippen LogP contribution is -2.38. The van der Waals surface area contributed by atoms with Crippen molar-refractivity contribution in [3.63, 3.8) is 0 Å². The van der Waals surface area contributed by atoms with Crippen molar-refractivity contribution in [2.24, 2.45) is 0 Å².